The van der Waals surface area contributed by atoms with Gasteiger partial charge in [-0.05, 0) is 24.1 Å². The lowest BCUT2D eigenvalue weighted by Crippen LogP contribution is -2.17. The molecule has 1 unspecified atom stereocenters. The number of carboxylic acids is 1. The number of halogens is 1. The van der Waals surface area contributed by atoms with E-state index >= 15 is 0 Å². The van der Waals surface area contributed by atoms with Crippen molar-refractivity contribution in [2.24, 2.45) is 0 Å². The lowest BCUT2D eigenvalue weighted by molar-refractivity contribution is -0.151. The Labute approximate surface area is 102 Å². The molecule has 5 heteroatoms. The second kappa shape index (κ2) is 5.98. The smallest absolute Gasteiger partial charge is 0.337 e. The summed E-state index contributed by atoms with van der Waals surface area (Å²) in [6, 6.07) is 5.24. The molecule has 0 bridgehead atoms. The maximum absolute atomic E-state index is 11.0. The van der Waals surface area contributed by atoms with E-state index in [1.807, 2.05) is 13.0 Å². The molecule has 16 heavy (non-hydrogen) atoms. The first-order valence-corrected chi connectivity index (χ1v) is 5.57. The van der Waals surface area contributed by atoms with E-state index < -0.39 is 12.1 Å². The Bertz CT molecular complexity index is 378. The third kappa shape index (κ3) is 3.30. The van der Waals surface area contributed by atoms with Crippen LogP contribution in [0.2, 0.25) is 0 Å². The Morgan fingerprint density at radius 1 is 1.56 bits per heavy atom. The molecule has 1 aromatic rings. The lowest BCUT2D eigenvalue weighted by Gasteiger charge is -2.14. The summed E-state index contributed by atoms with van der Waals surface area (Å²) in [4.78, 5) is 11.0. The molecule has 0 amide bonds. The van der Waals surface area contributed by atoms with E-state index in [2.05, 4.69) is 15.9 Å². The number of aryl methyl sites for hydroxylation is 1. The van der Waals surface area contributed by atoms with Crippen molar-refractivity contribution in [3.8, 4) is 0 Å². The second-order valence-electron chi connectivity index (χ2n) is 3.32. The number of hydrogen-bond donors (Lipinski definition) is 2. The molecule has 0 aliphatic rings. The van der Waals surface area contributed by atoms with E-state index in [-0.39, 0.29) is 13.2 Å². The third-order valence-electron chi connectivity index (χ3n) is 2.10. The van der Waals surface area contributed by atoms with Crippen LogP contribution in [0, 0.1) is 6.92 Å². The molecule has 0 spiro atoms. The van der Waals surface area contributed by atoms with Gasteiger partial charge in [-0.15, -0.1) is 0 Å². The van der Waals surface area contributed by atoms with Crippen LogP contribution in [0.3, 0.4) is 0 Å². The number of carbonyl (C=O) groups is 1. The molecule has 1 rings (SSSR count). The fraction of sp³-hybridized carbons (Fsp3) is 0.364. The standard InChI is InChI=1S/C11H13BrO4/c1-7-2-3-8(6-9(7)12)10(11(14)15)16-5-4-13/h2-3,6,10,13H,4-5H2,1H3,(H,14,15). The zero-order chi connectivity index (χ0) is 12.1. The van der Waals surface area contributed by atoms with Crippen LogP contribution in [0.25, 0.3) is 0 Å². The number of aliphatic hydroxyl groups excluding tert-OH is 1. The molecule has 0 aliphatic carbocycles. The van der Waals surface area contributed by atoms with Gasteiger partial charge in [0, 0.05) is 4.47 Å². The first kappa shape index (κ1) is 13.2. The van der Waals surface area contributed by atoms with Gasteiger partial charge in [0.25, 0.3) is 0 Å². The molecule has 88 valence electrons. The summed E-state index contributed by atoms with van der Waals surface area (Å²) in [5.41, 5.74) is 1.58. The van der Waals surface area contributed by atoms with Crippen molar-refractivity contribution in [2.45, 2.75) is 13.0 Å². The van der Waals surface area contributed by atoms with Crippen molar-refractivity contribution in [3.63, 3.8) is 0 Å². The fourth-order valence-corrected chi connectivity index (χ4v) is 1.65. The van der Waals surface area contributed by atoms with Gasteiger partial charge in [0.1, 0.15) is 0 Å². The Morgan fingerprint density at radius 3 is 2.75 bits per heavy atom. The van der Waals surface area contributed by atoms with Gasteiger partial charge in [-0.3, -0.25) is 0 Å². The van der Waals surface area contributed by atoms with Crippen LogP contribution in [0.5, 0.6) is 0 Å². The summed E-state index contributed by atoms with van der Waals surface area (Å²) in [6.07, 6.45) is -1.04. The number of carboxylic acid groups (broad SMARTS) is 1. The topological polar surface area (TPSA) is 66.8 Å². The van der Waals surface area contributed by atoms with Crippen LogP contribution in [0.1, 0.15) is 17.2 Å². The molecule has 1 aromatic carbocycles. The molecule has 0 radical (unpaired) electrons. The number of ether oxygens (including phenoxy) is 1. The average molecular weight is 289 g/mol. The van der Waals surface area contributed by atoms with Crippen molar-refractivity contribution >= 4 is 21.9 Å². The van der Waals surface area contributed by atoms with Crippen LogP contribution in [-0.4, -0.2) is 29.4 Å². The largest absolute Gasteiger partial charge is 0.479 e. The quantitative estimate of drug-likeness (QED) is 0.868. The molecule has 0 aromatic heterocycles. The highest BCUT2D eigenvalue weighted by Gasteiger charge is 2.20. The summed E-state index contributed by atoms with van der Waals surface area (Å²) >= 11 is 3.33. The van der Waals surface area contributed by atoms with Crippen molar-refractivity contribution in [1.29, 1.82) is 0 Å². The molecule has 0 fully saturated rings. The molecule has 2 N–H and O–H groups in total. The van der Waals surface area contributed by atoms with Gasteiger partial charge in [0.05, 0.1) is 13.2 Å². The van der Waals surface area contributed by atoms with E-state index in [1.54, 1.807) is 12.1 Å². The second-order valence-corrected chi connectivity index (χ2v) is 4.18. The fourth-order valence-electron chi connectivity index (χ4n) is 1.25. The van der Waals surface area contributed by atoms with Crippen molar-refractivity contribution in [2.75, 3.05) is 13.2 Å². The van der Waals surface area contributed by atoms with Crippen LogP contribution in [0.4, 0.5) is 0 Å². The average Bonchev–Trinajstić information content (AvgIpc) is 2.23. The van der Waals surface area contributed by atoms with Gasteiger partial charge in [-0.1, -0.05) is 28.1 Å². The van der Waals surface area contributed by atoms with Gasteiger partial charge >= 0.3 is 5.97 Å². The summed E-state index contributed by atoms with van der Waals surface area (Å²) in [6.45, 7) is 1.72. The molecule has 4 nitrogen and oxygen atoms in total. The molecule has 1 atom stereocenters. The number of aliphatic carboxylic acids is 1. The minimum Gasteiger partial charge on any atom is -0.479 e. The minimum atomic E-state index is -1.07. The number of hydrogen-bond acceptors (Lipinski definition) is 3. The molecular weight excluding hydrogens is 276 g/mol. The monoisotopic (exact) mass is 288 g/mol. The first-order chi connectivity index (χ1) is 7.56. The summed E-state index contributed by atoms with van der Waals surface area (Å²) in [7, 11) is 0. The van der Waals surface area contributed by atoms with Crippen LogP contribution in [-0.2, 0) is 9.53 Å². The van der Waals surface area contributed by atoms with Gasteiger partial charge in [0.2, 0.25) is 0 Å². The van der Waals surface area contributed by atoms with Gasteiger partial charge in [0.15, 0.2) is 6.10 Å². The van der Waals surface area contributed by atoms with Crippen molar-refractivity contribution < 1.29 is 19.7 Å². The van der Waals surface area contributed by atoms with Crippen LogP contribution in [0.15, 0.2) is 22.7 Å². The number of rotatable bonds is 5. The Kier molecular flexibility index (Phi) is 4.92. The van der Waals surface area contributed by atoms with Gasteiger partial charge in [-0.2, -0.15) is 0 Å². The van der Waals surface area contributed by atoms with E-state index in [0.717, 1.165) is 10.0 Å². The van der Waals surface area contributed by atoms with Gasteiger partial charge < -0.3 is 14.9 Å². The number of benzene rings is 1. The highest BCUT2D eigenvalue weighted by molar-refractivity contribution is 9.10. The van der Waals surface area contributed by atoms with E-state index in [0.29, 0.717) is 5.56 Å². The van der Waals surface area contributed by atoms with Crippen LogP contribution >= 0.6 is 15.9 Å². The molecule has 0 saturated carbocycles. The molecule has 0 aliphatic heterocycles. The van der Waals surface area contributed by atoms with E-state index in [9.17, 15) is 4.79 Å². The van der Waals surface area contributed by atoms with Gasteiger partial charge in [-0.25, -0.2) is 4.79 Å². The van der Waals surface area contributed by atoms with Crippen molar-refractivity contribution in [1.82, 2.24) is 0 Å². The maximum Gasteiger partial charge on any atom is 0.337 e. The minimum absolute atomic E-state index is 0.00244. The Morgan fingerprint density at radius 2 is 2.25 bits per heavy atom. The predicted molar refractivity (Wildman–Crippen MR) is 62.3 cm³/mol. The highest BCUT2D eigenvalue weighted by atomic mass is 79.9. The van der Waals surface area contributed by atoms with Crippen LogP contribution < -0.4 is 0 Å². The normalized spacial score (nSPS) is 12.4. The zero-order valence-electron chi connectivity index (χ0n) is 8.81. The summed E-state index contributed by atoms with van der Waals surface area (Å²) < 4.78 is 5.90. The first-order valence-electron chi connectivity index (χ1n) is 4.77. The zero-order valence-corrected chi connectivity index (χ0v) is 10.4. The van der Waals surface area contributed by atoms with Crippen molar-refractivity contribution in [3.05, 3.63) is 33.8 Å². The third-order valence-corrected chi connectivity index (χ3v) is 2.95. The maximum atomic E-state index is 11.0. The Balaban J connectivity index is 2.92. The predicted octanol–water partition coefficient (Wildman–Crippen LogP) is 1.89. The summed E-state index contributed by atoms with van der Waals surface area (Å²) in [5.74, 6) is -1.07. The van der Waals surface area contributed by atoms with E-state index in [4.69, 9.17) is 14.9 Å². The lowest BCUT2D eigenvalue weighted by atomic mass is 10.1. The highest BCUT2D eigenvalue weighted by Crippen LogP contribution is 2.24. The molecular formula is C11H13BrO4. The number of aliphatic hydroxyl groups is 1. The summed E-state index contributed by atoms with van der Waals surface area (Å²) in [5, 5.41) is 17.6. The molecule has 0 saturated heterocycles. The SMILES string of the molecule is Cc1ccc(C(OCCO)C(=O)O)cc1Br. The van der Waals surface area contributed by atoms with E-state index in [1.165, 1.54) is 0 Å². The Hall–Kier alpha value is -0.910. The molecule has 0 heterocycles.